The molecule has 70 valence electrons. The van der Waals surface area contributed by atoms with Crippen LogP contribution in [0.4, 0.5) is 12.9 Å². The van der Waals surface area contributed by atoms with Crippen molar-refractivity contribution < 1.29 is 12.9 Å². The second-order valence-electron chi connectivity index (χ2n) is 4.42. The van der Waals surface area contributed by atoms with E-state index in [9.17, 15) is 12.9 Å². The van der Waals surface area contributed by atoms with Gasteiger partial charge in [-0.1, -0.05) is 43.8 Å². The van der Waals surface area contributed by atoms with Crippen LogP contribution in [-0.2, 0) is 0 Å². The quantitative estimate of drug-likeness (QED) is 0.537. The van der Waals surface area contributed by atoms with E-state index in [0.717, 1.165) is 19.3 Å². The summed E-state index contributed by atoms with van der Waals surface area (Å²) in [6.45, 7) is -4.59. The Morgan fingerprint density at radius 1 is 0.917 bits per heavy atom. The molecule has 0 saturated heterocycles. The summed E-state index contributed by atoms with van der Waals surface area (Å²) >= 11 is 0. The van der Waals surface area contributed by atoms with Gasteiger partial charge in [0.2, 0.25) is 0 Å². The maximum Gasteiger partial charge on any atom is 0.484 e. The van der Waals surface area contributed by atoms with E-state index in [-0.39, 0.29) is 0 Å². The highest BCUT2D eigenvalue weighted by molar-refractivity contribution is 6.62. The Hall–Kier alpha value is -0.145. The number of halogens is 3. The van der Waals surface area contributed by atoms with Gasteiger partial charge in [-0.15, -0.1) is 0 Å². The first-order chi connectivity index (χ1) is 5.54. The van der Waals surface area contributed by atoms with E-state index in [1.165, 1.54) is 0 Å². The van der Waals surface area contributed by atoms with Crippen LogP contribution in [0.2, 0.25) is 5.31 Å². The minimum Gasteiger partial charge on any atom is -0.449 e. The fourth-order valence-corrected chi connectivity index (χ4v) is 2.77. The zero-order chi connectivity index (χ0) is 8.82. The zero-order valence-corrected chi connectivity index (χ0v) is 7.03. The van der Waals surface area contributed by atoms with Gasteiger partial charge < -0.3 is 12.9 Å². The summed E-state index contributed by atoms with van der Waals surface area (Å²) in [7, 11) is 0. The summed E-state index contributed by atoms with van der Waals surface area (Å²) in [5, 5.41) is -1.21. The van der Waals surface area contributed by atoms with Gasteiger partial charge in [-0.05, 0) is 5.92 Å². The molecule has 0 aromatic heterocycles. The van der Waals surface area contributed by atoms with Gasteiger partial charge in [0.05, 0.1) is 0 Å². The normalized spacial score (nSPS) is 41.8. The third kappa shape index (κ3) is 1.07. The van der Waals surface area contributed by atoms with Crippen molar-refractivity contribution in [3.05, 3.63) is 0 Å². The second-order valence-corrected chi connectivity index (χ2v) is 4.42. The summed E-state index contributed by atoms with van der Waals surface area (Å²) in [6, 6.07) is 0. The van der Waals surface area contributed by atoms with Crippen LogP contribution in [0.3, 0.4) is 0 Å². The Morgan fingerprint density at radius 2 is 1.33 bits per heavy atom. The second kappa shape index (κ2) is 2.42. The van der Waals surface area contributed by atoms with Crippen molar-refractivity contribution in [2.24, 2.45) is 5.92 Å². The lowest BCUT2D eigenvalue weighted by molar-refractivity contribution is 0.148. The molecule has 3 rings (SSSR count). The molecule has 0 radical (unpaired) electrons. The molecule has 0 spiro atoms. The van der Waals surface area contributed by atoms with E-state index in [4.69, 9.17) is 0 Å². The Kier molecular flexibility index (Phi) is 1.71. The third-order valence-corrected chi connectivity index (χ3v) is 3.85. The SMILES string of the molecule is F[B-](F)(F)C12CCC(CC1)CC2. The van der Waals surface area contributed by atoms with Gasteiger partial charge in [0.25, 0.3) is 0 Å². The lowest BCUT2D eigenvalue weighted by atomic mass is 9.44. The summed E-state index contributed by atoms with van der Waals surface area (Å²) in [4.78, 5) is 0. The first-order valence-corrected chi connectivity index (χ1v) is 4.73. The topological polar surface area (TPSA) is 0 Å². The van der Waals surface area contributed by atoms with Crippen LogP contribution in [0, 0.1) is 5.92 Å². The lowest BCUT2D eigenvalue weighted by Gasteiger charge is -2.52. The molecule has 3 saturated carbocycles. The molecule has 3 fully saturated rings. The summed E-state index contributed by atoms with van der Waals surface area (Å²) < 4.78 is 38.1. The van der Waals surface area contributed by atoms with E-state index in [1.54, 1.807) is 0 Å². The van der Waals surface area contributed by atoms with Gasteiger partial charge in [-0.2, -0.15) is 0 Å². The van der Waals surface area contributed by atoms with Gasteiger partial charge in [0, 0.05) is 0 Å². The summed E-state index contributed by atoms with van der Waals surface area (Å²) in [5.41, 5.74) is 0. The number of hydrogen-bond acceptors (Lipinski definition) is 0. The van der Waals surface area contributed by atoms with Crippen molar-refractivity contribution in [2.45, 2.75) is 43.8 Å². The molecule has 3 aliphatic rings. The smallest absolute Gasteiger partial charge is 0.449 e. The molecule has 0 N–H and O–H groups in total. The molecule has 0 aromatic rings. The monoisotopic (exact) mass is 177 g/mol. The van der Waals surface area contributed by atoms with Gasteiger partial charge in [-0.25, -0.2) is 0 Å². The minimum absolute atomic E-state index is 0.418. The van der Waals surface area contributed by atoms with Crippen LogP contribution >= 0.6 is 0 Å². The largest absolute Gasteiger partial charge is 0.484 e. The van der Waals surface area contributed by atoms with E-state index < -0.39 is 12.3 Å². The highest BCUT2D eigenvalue weighted by atomic mass is 19.4. The minimum atomic E-state index is -4.59. The van der Waals surface area contributed by atoms with Crippen molar-refractivity contribution in [3.8, 4) is 0 Å². The molecule has 2 bridgehead atoms. The van der Waals surface area contributed by atoms with Gasteiger partial charge >= 0.3 is 6.98 Å². The Morgan fingerprint density at radius 3 is 1.58 bits per heavy atom. The van der Waals surface area contributed by atoms with Gasteiger partial charge in [0.1, 0.15) is 0 Å². The van der Waals surface area contributed by atoms with E-state index in [2.05, 4.69) is 0 Å². The predicted molar refractivity (Wildman–Crippen MR) is 43.0 cm³/mol. The average Bonchev–Trinajstić information content (AvgIpc) is 2.06. The van der Waals surface area contributed by atoms with E-state index in [0.29, 0.717) is 25.2 Å². The van der Waals surface area contributed by atoms with Crippen LogP contribution in [0.1, 0.15) is 38.5 Å². The lowest BCUT2D eigenvalue weighted by Crippen LogP contribution is -2.43. The average molecular weight is 177 g/mol. The van der Waals surface area contributed by atoms with Crippen LogP contribution in [0.25, 0.3) is 0 Å². The molecule has 12 heavy (non-hydrogen) atoms. The van der Waals surface area contributed by atoms with Crippen LogP contribution in [-0.4, -0.2) is 6.98 Å². The molecule has 4 heteroatoms. The van der Waals surface area contributed by atoms with Crippen LogP contribution < -0.4 is 0 Å². The molecule has 0 atom stereocenters. The predicted octanol–water partition coefficient (Wildman–Crippen LogP) is 3.56. The number of rotatable bonds is 1. The van der Waals surface area contributed by atoms with Crippen molar-refractivity contribution in [3.63, 3.8) is 0 Å². The molecule has 0 aliphatic heterocycles. The van der Waals surface area contributed by atoms with Crippen LogP contribution in [0.15, 0.2) is 0 Å². The standard InChI is InChI=1S/C8H13BF3/c10-9(11,12)8-4-1-7(2-5-8)3-6-8/h7H,1-6H2/q-1. The summed E-state index contributed by atoms with van der Waals surface area (Å²) in [5.74, 6) is 0.616. The molecule has 0 nitrogen and oxygen atoms in total. The maximum absolute atomic E-state index is 12.7. The van der Waals surface area contributed by atoms with Crippen molar-refractivity contribution in [2.75, 3.05) is 0 Å². The van der Waals surface area contributed by atoms with E-state index in [1.807, 2.05) is 0 Å². The molecule has 0 amide bonds. The fourth-order valence-electron chi connectivity index (χ4n) is 2.77. The van der Waals surface area contributed by atoms with Crippen molar-refractivity contribution >= 4 is 6.98 Å². The zero-order valence-electron chi connectivity index (χ0n) is 7.03. The first kappa shape index (κ1) is 8.45. The molecule has 0 heterocycles. The molecule has 0 unspecified atom stereocenters. The van der Waals surface area contributed by atoms with E-state index >= 15 is 0 Å². The molecular formula is C8H13BF3-. The number of hydrogen-bond donors (Lipinski definition) is 0. The highest BCUT2D eigenvalue weighted by Gasteiger charge is 2.52. The van der Waals surface area contributed by atoms with Gasteiger partial charge in [0.15, 0.2) is 0 Å². The van der Waals surface area contributed by atoms with Gasteiger partial charge in [-0.3, -0.25) is 0 Å². The van der Waals surface area contributed by atoms with Crippen molar-refractivity contribution in [1.82, 2.24) is 0 Å². The Bertz CT molecular complexity index is 165. The highest BCUT2D eigenvalue weighted by Crippen LogP contribution is 2.61. The molecular weight excluding hydrogens is 164 g/mol. The fraction of sp³-hybridized carbons (Fsp3) is 1.00. The van der Waals surface area contributed by atoms with Crippen molar-refractivity contribution in [1.29, 1.82) is 0 Å². The Balaban J connectivity index is 2.19. The number of fused-ring (bicyclic) bond motifs is 3. The molecule has 3 aliphatic carbocycles. The Labute approximate surface area is 70.6 Å². The maximum atomic E-state index is 12.7. The molecule has 0 aromatic carbocycles. The van der Waals surface area contributed by atoms with Crippen LogP contribution in [0.5, 0.6) is 0 Å². The summed E-state index contributed by atoms with van der Waals surface area (Å²) in [6.07, 6.45) is 3.72. The third-order valence-electron chi connectivity index (χ3n) is 3.85. The first-order valence-electron chi connectivity index (χ1n) is 4.73.